The topological polar surface area (TPSA) is 45.2 Å². The van der Waals surface area contributed by atoms with E-state index in [9.17, 15) is 4.79 Å². The SMILES string of the molecule is O=C(NCCc1cccnc1)C1CCN(C2CCCCC2)CC1. The maximum Gasteiger partial charge on any atom is 0.223 e. The molecule has 1 aromatic heterocycles. The Labute approximate surface area is 139 Å². The normalized spacial score (nSPS) is 21.2. The summed E-state index contributed by atoms with van der Waals surface area (Å²) in [4.78, 5) is 19.1. The molecule has 1 saturated carbocycles. The average molecular weight is 315 g/mol. The summed E-state index contributed by atoms with van der Waals surface area (Å²) in [5, 5.41) is 3.11. The van der Waals surface area contributed by atoms with Crippen molar-refractivity contribution in [2.45, 2.75) is 57.4 Å². The third-order valence-electron chi connectivity index (χ3n) is 5.43. The number of hydrogen-bond donors (Lipinski definition) is 1. The van der Waals surface area contributed by atoms with Crippen molar-refractivity contribution in [3.8, 4) is 0 Å². The molecule has 1 aromatic rings. The van der Waals surface area contributed by atoms with Crippen molar-refractivity contribution in [3.05, 3.63) is 30.1 Å². The molecule has 4 heteroatoms. The van der Waals surface area contributed by atoms with Gasteiger partial charge in [0.2, 0.25) is 5.91 Å². The lowest BCUT2D eigenvalue weighted by Gasteiger charge is -2.38. The van der Waals surface area contributed by atoms with E-state index in [0.29, 0.717) is 6.54 Å². The van der Waals surface area contributed by atoms with Crippen LogP contribution in [0.15, 0.2) is 24.5 Å². The number of pyridine rings is 1. The summed E-state index contributed by atoms with van der Waals surface area (Å²) in [6.45, 7) is 2.92. The highest BCUT2D eigenvalue weighted by Gasteiger charge is 2.29. The Morgan fingerprint density at radius 1 is 1.17 bits per heavy atom. The molecule has 0 unspecified atom stereocenters. The predicted octanol–water partition coefficient (Wildman–Crippen LogP) is 2.79. The Bertz CT molecular complexity index is 477. The van der Waals surface area contributed by atoms with Gasteiger partial charge < -0.3 is 10.2 Å². The van der Waals surface area contributed by atoms with Gasteiger partial charge in [0.15, 0.2) is 0 Å². The molecule has 1 aliphatic heterocycles. The first-order chi connectivity index (χ1) is 11.3. The number of piperidine rings is 1. The summed E-state index contributed by atoms with van der Waals surface area (Å²) >= 11 is 0. The molecule has 3 rings (SSSR count). The van der Waals surface area contributed by atoms with Crippen LogP contribution in [-0.2, 0) is 11.2 Å². The van der Waals surface area contributed by atoms with E-state index in [2.05, 4.69) is 21.3 Å². The molecule has 2 heterocycles. The minimum Gasteiger partial charge on any atom is -0.356 e. The minimum absolute atomic E-state index is 0.212. The van der Waals surface area contributed by atoms with E-state index < -0.39 is 0 Å². The first-order valence-corrected chi connectivity index (χ1v) is 9.23. The number of rotatable bonds is 5. The molecule has 0 atom stereocenters. The summed E-state index contributed by atoms with van der Waals surface area (Å²) < 4.78 is 0. The molecule has 1 N–H and O–H groups in total. The fourth-order valence-corrected chi connectivity index (χ4v) is 3.99. The van der Waals surface area contributed by atoms with Crippen LogP contribution in [0.1, 0.15) is 50.5 Å². The summed E-state index contributed by atoms with van der Waals surface area (Å²) in [5.41, 5.74) is 1.18. The Balaban J connectivity index is 1.36. The third kappa shape index (κ3) is 4.77. The average Bonchev–Trinajstić information content (AvgIpc) is 2.63. The van der Waals surface area contributed by atoms with Gasteiger partial charge in [0.1, 0.15) is 0 Å². The molecule has 1 amide bonds. The van der Waals surface area contributed by atoms with Gasteiger partial charge in [0, 0.05) is 30.9 Å². The third-order valence-corrected chi connectivity index (χ3v) is 5.43. The lowest BCUT2D eigenvalue weighted by Crippen LogP contribution is -2.45. The van der Waals surface area contributed by atoms with Gasteiger partial charge in [0.05, 0.1) is 0 Å². The van der Waals surface area contributed by atoms with Gasteiger partial charge in [-0.05, 0) is 56.8 Å². The summed E-state index contributed by atoms with van der Waals surface area (Å²) in [5.74, 6) is 0.459. The van der Waals surface area contributed by atoms with E-state index in [1.165, 1.54) is 37.7 Å². The standard InChI is InChI=1S/C19H29N3O/c23-19(21-12-8-16-5-4-11-20-15-16)17-9-13-22(14-10-17)18-6-2-1-3-7-18/h4-5,11,15,17-18H,1-3,6-10,12-14H2,(H,21,23). The highest BCUT2D eigenvalue weighted by atomic mass is 16.1. The van der Waals surface area contributed by atoms with Crippen LogP contribution in [0.5, 0.6) is 0 Å². The van der Waals surface area contributed by atoms with Crippen molar-refractivity contribution in [2.24, 2.45) is 5.92 Å². The van der Waals surface area contributed by atoms with E-state index in [0.717, 1.165) is 38.4 Å². The number of nitrogens with one attached hydrogen (secondary N) is 1. The number of amides is 1. The zero-order valence-corrected chi connectivity index (χ0v) is 14.0. The molecule has 2 fully saturated rings. The number of carbonyl (C=O) groups excluding carboxylic acids is 1. The zero-order chi connectivity index (χ0) is 15.9. The second kappa shape index (κ2) is 8.44. The van der Waals surface area contributed by atoms with Crippen molar-refractivity contribution in [3.63, 3.8) is 0 Å². The molecule has 1 saturated heterocycles. The van der Waals surface area contributed by atoms with E-state index >= 15 is 0 Å². The molecule has 0 spiro atoms. The first-order valence-electron chi connectivity index (χ1n) is 9.23. The largest absolute Gasteiger partial charge is 0.356 e. The van der Waals surface area contributed by atoms with Crippen LogP contribution >= 0.6 is 0 Å². The zero-order valence-electron chi connectivity index (χ0n) is 14.0. The highest BCUT2D eigenvalue weighted by molar-refractivity contribution is 5.78. The number of hydrogen-bond acceptors (Lipinski definition) is 3. The maximum absolute atomic E-state index is 12.3. The number of carbonyl (C=O) groups is 1. The summed E-state index contributed by atoms with van der Waals surface area (Å²) in [7, 11) is 0. The summed E-state index contributed by atoms with van der Waals surface area (Å²) in [6, 6.07) is 4.79. The Morgan fingerprint density at radius 3 is 2.65 bits per heavy atom. The quantitative estimate of drug-likeness (QED) is 0.909. The molecule has 2 aliphatic rings. The lowest BCUT2D eigenvalue weighted by molar-refractivity contribution is -0.126. The fourth-order valence-electron chi connectivity index (χ4n) is 3.99. The molecule has 23 heavy (non-hydrogen) atoms. The Hall–Kier alpha value is -1.42. The van der Waals surface area contributed by atoms with Crippen molar-refractivity contribution >= 4 is 5.91 Å². The van der Waals surface area contributed by atoms with Gasteiger partial charge in [0.25, 0.3) is 0 Å². The van der Waals surface area contributed by atoms with Crippen molar-refractivity contribution in [1.82, 2.24) is 15.2 Å². The lowest BCUT2D eigenvalue weighted by atomic mass is 9.90. The van der Waals surface area contributed by atoms with E-state index in [1.807, 2.05) is 12.3 Å². The monoisotopic (exact) mass is 315 g/mol. The highest BCUT2D eigenvalue weighted by Crippen LogP contribution is 2.27. The van der Waals surface area contributed by atoms with Gasteiger partial charge in [-0.1, -0.05) is 25.3 Å². The molecule has 0 aromatic carbocycles. The predicted molar refractivity (Wildman–Crippen MR) is 92.1 cm³/mol. The van der Waals surface area contributed by atoms with Gasteiger partial charge >= 0.3 is 0 Å². The van der Waals surface area contributed by atoms with Crippen LogP contribution in [0.2, 0.25) is 0 Å². The maximum atomic E-state index is 12.3. The molecule has 4 nitrogen and oxygen atoms in total. The van der Waals surface area contributed by atoms with Crippen LogP contribution in [0.3, 0.4) is 0 Å². The van der Waals surface area contributed by atoms with Crippen LogP contribution in [0.25, 0.3) is 0 Å². The molecular formula is C19H29N3O. The van der Waals surface area contributed by atoms with E-state index in [-0.39, 0.29) is 11.8 Å². The van der Waals surface area contributed by atoms with E-state index in [4.69, 9.17) is 0 Å². The van der Waals surface area contributed by atoms with Crippen molar-refractivity contribution in [1.29, 1.82) is 0 Å². The second-order valence-corrected chi connectivity index (χ2v) is 7.00. The van der Waals surface area contributed by atoms with Crippen LogP contribution in [-0.4, -0.2) is 41.5 Å². The van der Waals surface area contributed by atoms with Gasteiger partial charge in [-0.2, -0.15) is 0 Å². The van der Waals surface area contributed by atoms with Gasteiger partial charge in [-0.3, -0.25) is 9.78 Å². The fraction of sp³-hybridized carbons (Fsp3) is 0.684. The molecule has 0 bridgehead atoms. The van der Waals surface area contributed by atoms with Crippen molar-refractivity contribution in [2.75, 3.05) is 19.6 Å². The number of aromatic nitrogens is 1. The van der Waals surface area contributed by atoms with Crippen molar-refractivity contribution < 1.29 is 4.79 Å². The van der Waals surface area contributed by atoms with Crippen LogP contribution in [0.4, 0.5) is 0 Å². The molecule has 0 radical (unpaired) electrons. The van der Waals surface area contributed by atoms with Gasteiger partial charge in [-0.25, -0.2) is 0 Å². The van der Waals surface area contributed by atoms with Crippen LogP contribution in [0, 0.1) is 5.92 Å². The Kier molecular flexibility index (Phi) is 6.03. The molecule has 126 valence electrons. The van der Waals surface area contributed by atoms with Crippen LogP contribution < -0.4 is 5.32 Å². The smallest absolute Gasteiger partial charge is 0.223 e. The van der Waals surface area contributed by atoms with Gasteiger partial charge in [-0.15, -0.1) is 0 Å². The Morgan fingerprint density at radius 2 is 1.96 bits per heavy atom. The summed E-state index contributed by atoms with van der Waals surface area (Å²) in [6.07, 6.45) is 13.5. The first kappa shape index (κ1) is 16.4. The van der Waals surface area contributed by atoms with E-state index in [1.54, 1.807) is 6.20 Å². The number of nitrogens with zero attached hydrogens (tertiary/aromatic N) is 2. The molecule has 1 aliphatic carbocycles. The number of likely N-dealkylation sites (tertiary alicyclic amines) is 1. The molecular weight excluding hydrogens is 286 g/mol. The second-order valence-electron chi connectivity index (χ2n) is 7.00. The minimum atomic E-state index is 0.212.